The van der Waals surface area contributed by atoms with Crippen LogP contribution in [0, 0.1) is 11.8 Å². The van der Waals surface area contributed by atoms with Crippen molar-refractivity contribution in [2.24, 2.45) is 11.8 Å². The van der Waals surface area contributed by atoms with E-state index in [4.69, 9.17) is 16.7 Å². The van der Waals surface area contributed by atoms with Crippen molar-refractivity contribution in [1.82, 2.24) is 0 Å². The second-order valence-electron chi connectivity index (χ2n) is 5.88. The van der Waals surface area contributed by atoms with Crippen molar-refractivity contribution in [2.45, 2.75) is 32.6 Å². The molecule has 0 aliphatic heterocycles. The molecule has 1 aromatic rings. The number of anilines is 1. The second kappa shape index (κ2) is 6.98. The molecule has 0 atom stereocenters. The fourth-order valence-corrected chi connectivity index (χ4v) is 3.03. The number of benzene rings is 1. The van der Waals surface area contributed by atoms with Crippen LogP contribution in [0.2, 0.25) is 5.02 Å². The number of carbonyl (C=O) groups is 1. The highest BCUT2D eigenvalue weighted by Gasteiger charge is 2.22. The lowest BCUT2D eigenvalue weighted by molar-refractivity contribution is -0.135. The smallest absolute Gasteiger partial charge is 0.323 e. The zero-order valence-corrected chi connectivity index (χ0v) is 12.6. The zero-order valence-electron chi connectivity index (χ0n) is 11.9. The van der Waals surface area contributed by atoms with Gasteiger partial charge in [0.1, 0.15) is 6.54 Å². The van der Waals surface area contributed by atoms with E-state index >= 15 is 0 Å². The Morgan fingerprint density at radius 1 is 1.25 bits per heavy atom. The molecule has 2 rings (SSSR count). The molecule has 1 aromatic carbocycles. The summed E-state index contributed by atoms with van der Waals surface area (Å²) in [4.78, 5) is 13.0. The van der Waals surface area contributed by atoms with Gasteiger partial charge in [-0.1, -0.05) is 31.4 Å². The molecule has 1 N–H and O–H groups in total. The van der Waals surface area contributed by atoms with Crippen LogP contribution in [0.25, 0.3) is 0 Å². The molecule has 0 spiro atoms. The van der Waals surface area contributed by atoms with Gasteiger partial charge in [0, 0.05) is 17.3 Å². The Balaban J connectivity index is 2.03. The molecule has 0 aromatic heterocycles. The van der Waals surface area contributed by atoms with Crippen LogP contribution in [0.5, 0.6) is 0 Å². The monoisotopic (exact) mass is 295 g/mol. The van der Waals surface area contributed by atoms with Crippen LogP contribution in [0.1, 0.15) is 32.6 Å². The van der Waals surface area contributed by atoms with Crippen molar-refractivity contribution in [3.05, 3.63) is 29.3 Å². The van der Waals surface area contributed by atoms with E-state index in [2.05, 4.69) is 6.92 Å². The SMILES string of the molecule is CC1CCC(CN(CC(=O)O)c2ccc(Cl)cc2)CC1. The third-order valence-electron chi connectivity index (χ3n) is 4.13. The van der Waals surface area contributed by atoms with E-state index in [1.54, 1.807) is 0 Å². The molecule has 0 amide bonds. The lowest BCUT2D eigenvalue weighted by atomic mass is 9.83. The van der Waals surface area contributed by atoms with E-state index in [-0.39, 0.29) is 6.54 Å². The maximum atomic E-state index is 11.1. The van der Waals surface area contributed by atoms with Gasteiger partial charge in [-0.3, -0.25) is 4.79 Å². The maximum absolute atomic E-state index is 11.1. The highest BCUT2D eigenvalue weighted by atomic mass is 35.5. The summed E-state index contributed by atoms with van der Waals surface area (Å²) in [7, 11) is 0. The van der Waals surface area contributed by atoms with Crippen molar-refractivity contribution in [2.75, 3.05) is 18.0 Å². The van der Waals surface area contributed by atoms with Gasteiger partial charge in [0.15, 0.2) is 0 Å². The molecule has 1 fully saturated rings. The average Bonchev–Trinajstić information content (AvgIpc) is 2.41. The Bertz CT molecular complexity index is 438. The number of hydrogen-bond donors (Lipinski definition) is 1. The topological polar surface area (TPSA) is 40.5 Å². The Hall–Kier alpha value is -1.22. The summed E-state index contributed by atoms with van der Waals surface area (Å²) in [5.74, 6) is 0.625. The molecule has 0 unspecified atom stereocenters. The van der Waals surface area contributed by atoms with Gasteiger partial charge in [-0.2, -0.15) is 0 Å². The summed E-state index contributed by atoms with van der Waals surface area (Å²) in [5.41, 5.74) is 0.940. The Morgan fingerprint density at radius 3 is 2.40 bits per heavy atom. The molecule has 110 valence electrons. The van der Waals surface area contributed by atoms with E-state index in [9.17, 15) is 4.79 Å². The normalized spacial score (nSPS) is 22.5. The molecule has 20 heavy (non-hydrogen) atoms. The van der Waals surface area contributed by atoms with E-state index < -0.39 is 5.97 Å². The molecule has 1 saturated carbocycles. The third-order valence-corrected chi connectivity index (χ3v) is 4.38. The quantitative estimate of drug-likeness (QED) is 0.890. The number of carboxylic acids is 1. The summed E-state index contributed by atoms with van der Waals surface area (Å²) in [6.45, 7) is 3.17. The number of rotatable bonds is 5. The number of carboxylic acid groups (broad SMARTS) is 1. The summed E-state index contributed by atoms with van der Waals surface area (Å²) in [6.07, 6.45) is 4.91. The van der Waals surface area contributed by atoms with Gasteiger partial charge < -0.3 is 10.0 Å². The molecule has 0 radical (unpaired) electrons. The van der Waals surface area contributed by atoms with Crippen LogP contribution in [0.3, 0.4) is 0 Å². The number of hydrogen-bond acceptors (Lipinski definition) is 2. The van der Waals surface area contributed by atoms with Crippen molar-refractivity contribution in [1.29, 1.82) is 0 Å². The van der Waals surface area contributed by atoms with E-state index in [1.165, 1.54) is 25.7 Å². The van der Waals surface area contributed by atoms with E-state index in [0.717, 1.165) is 18.2 Å². The van der Waals surface area contributed by atoms with Gasteiger partial charge in [-0.15, -0.1) is 0 Å². The number of nitrogens with zero attached hydrogens (tertiary/aromatic N) is 1. The van der Waals surface area contributed by atoms with Crippen LogP contribution in [-0.4, -0.2) is 24.2 Å². The fraction of sp³-hybridized carbons (Fsp3) is 0.562. The molecule has 1 aliphatic rings. The first-order valence-corrected chi connectivity index (χ1v) is 7.64. The zero-order chi connectivity index (χ0) is 14.5. The molecule has 0 saturated heterocycles. The van der Waals surface area contributed by atoms with Crippen LogP contribution in [0.15, 0.2) is 24.3 Å². The molecule has 3 nitrogen and oxygen atoms in total. The van der Waals surface area contributed by atoms with Gasteiger partial charge in [-0.25, -0.2) is 0 Å². The predicted octanol–water partition coefficient (Wildman–Crippen LogP) is 4.06. The minimum Gasteiger partial charge on any atom is -0.480 e. The Labute approximate surface area is 125 Å². The third kappa shape index (κ3) is 4.41. The van der Waals surface area contributed by atoms with Crippen molar-refractivity contribution in [3.8, 4) is 0 Å². The van der Waals surface area contributed by atoms with Crippen molar-refractivity contribution in [3.63, 3.8) is 0 Å². The maximum Gasteiger partial charge on any atom is 0.323 e. The van der Waals surface area contributed by atoms with Crippen molar-refractivity contribution < 1.29 is 9.90 Å². The number of aliphatic carboxylic acids is 1. The molecule has 4 heteroatoms. The van der Waals surface area contributed by atoms with Gasteiger partial charge in [0.25, 0.3) is 0 Å². The summed E-state index contributed by atoms with van der Waals surface area (Å²) in [5, 5.41) is 9.78. The van der Waals surface area contributed by atoms with Gasteiger partial charge in [0.05, 0.1) is 0 Å². The average molecular weight is 296 g/mol. The van der Waals surface area contributed by atoms with E-state index in [1.807, 2.05) is 29.2 Å². The Morgan fingerprint density at radius 2 is 1.85 bits per heavy atom. The highest BCUT2D eigenvalue weighted by Crippen LogP contribution is 2.30. The fourth-order valence-electron chi connectivity index (χ4n) is 2.90. The second-order valence-corrected chi connectivity index (χ2v) is 6.31. The molecule has 0 bridgehead atoms. The molecule has 0 heterocycles. The first-order valence-electron chi connectivity index (χ1n) is 7.27. The standard InChI is InChI=1S/C16H22ClNO2/c1-12-2-4-13(5-3-12)10-18(11-16(19)20)15-8-6-14(17)7-9-15/h6-9,12-13H,2-5,10-11H2,1H3,(H,19,20). The minimum atomic E-state index is -0.788. The lowest BCUT2D eigenvalue weighted by Crippen LogP contribution is -2.35. The Kier molecular flexibility index (Phi) is 5.30. The van der Waals surface area contributed by atoms with Crippen molar-refractivity contribution >= 4 is 23.3 Å². The summed E-state index contributed by atoms with van der Waals surface area (Å²) >= 11 is 5.90. The first-order chi connectivity index (χ1) is 9.54. The minimum absolute atomic E-state index is 0.0493. The van der Waals surface area contributed by atoms with E-state index in [0.29, 0.717) is 10.9 Å². The molecular weight excluding hydrogens is 274 g/mol. The largest absolute Gasteiger partial charge is 0.480 e. The lowest BCUT2D eigenvalue weighted by Gasteiger charge is -2.32. The van der Waals surface area contributed by atoms with Crippen LogP contribution >= 0.6 is 11.6 Å². The van der Waals surface area contributed by atoms with Crippen LogP contribution in [-0.2, 0) is 4.79 Å². The van der Waals surface area contributed by atoms with Crippen LogP contribution < -0.4 is 4.90 Å². The molecular formula is C16H22ClNO2. The number of halogens is 1. The molecule has 1 aliphatic carbocycles. The van der Waals surface area contributed by atoms with Gasteiger partial charge in [-0.05, 0) is 48.9 Å². The predicted molar refractivity (Wildman–Crippen MR) is 82.4 cm³/mol. The summed E-state index contributed by atoms with van der Waals surface area (Å²) < 4.78 is 0. The summed E-state index contributed by atoms with van der Waals surface area (Å²) in [6, 6.07) is 7.43. The first kappa shape index (κ1) is 15.2. The van der Waals surface area contributed by atoms with Crippen LogP contribution in [0.4, 0.5) is 5.69 Å². The van der Waals surface area contributed by atoms with Gasteiger partial charge >= 0.3 is 5.97 Å². The van der Waals surface area contributed by atoms with Gasteiger partial charge in [0.2, 0.25) is 0 Å². The highest BCUT2D eigenvalue weighted by molar-refractivity contribution is 6.30.